The standard InChI is InChI=1S/C22H25N3O5/c26-18(17-1-3-19-20(14-17)30-12-11-29-19)2-4-22(27)24-15-16-5-6-23-21(13-16)25-7-9-28-10-8-25/h1,3,5-6,13-14H,2,4,7-12,15H2,(H,24,27). The van der Waals surface area contributed by atoms with Gasteiger partial charge in [-0.15, -0.1) is 0 Å². The molecule has 2 aliphatic heterocycles. The Labute approximate surface area is 175 Å². The number of carbonyl (C=O) groups excluding carboxylic acids is 2. The Morgan fingerprint density at radius 1 is 0.967 bits per heavy atom. The number of carbonyl (C=O) groups is 2. The molecule has 2 aliphatic rings. The number of rotatable bonds is 7. The number of hydrogen-bond acceptors (Lipinski definition) is 7. The van der Waals surface area contributed by atoms with Gasteiger partial charge in [-0.3, -0.25) is 9.59 Å². The molecule has 158 valence electrons. The molecule has 1 aromatic carbocycles. The second kappa shape index (κ2) is 9.58. The van der Waals surface area contributed by atoms with Gasteiger partial charge in [-0.05, 0) is 35.9 Å². The number of ketones is 1. The Kier molecular flexibility index (Phi) is 6.44. The summed E-state index contributed by atoms with van der Waals surface area (Å²) < 4.78 is 16.3. The third kappa shape index (κ3) is 5.07. The maximum Gasteiger partial charge on any atom is 0.220 e. The van der Waals surface area contributed by atoms with Gasteiger partial charge in [0.2, 0.25) is 5.91 Å². The van der Waals surface area contributed by atoms with Crippen LogP contribution in [0, 0.1) is 0 Å². The van der Waals surface area contributed by atoms with E-state index in [2.05, 4.69) is 15.2 Å². The number of fused-ring (bicyclic) bond motifs is 1. The van der Waals surface area contributed by atoms with Crippen LogP contribution in [0.15, 0.2) is 36.5 Å². The lowest BCUT2D eigenvalue weighted by Gasteiger charge is -2.28. The van der Waals surface area contributed by atoms with Crippen molar-refractivity contribution in [1.82, 2.24) is 10.3 Å². The summed E-state index contributed by atoms with van der Waals surface area (Å²) in [5.74, 6) is 1.85. The van der Waals surface area contributed by atoms with Crippen molar-refractivity contribution >= 4 is 17.5 Å². The molecule has 4 rings (SSSR count). The quantitative estimate of drug-likeness (QED) is 0.697. The summed E-state index contributed by atoms with van der Waals surface area (Å²) in [6, 6.07) is 8.98. The lowest BCUT2D eigenvalue weighted by Crippen LogP contribution is -2.36. The Morgan fingerprint density at radius 3 is 2.60 bits per heavy atom. The first kappa shape index (κ1) is 20.2. The molecule has 1 N–H and O–H groups in total. The smallest absolute Gasteiger partial charge is 0.220 e. The van der Waals surface area contributed by atoms with Crippen LogP contribution in [0.2, 0.25) is 0 Å². The average molecular weight is 411 g/mol. The van der Waals surface area contributed by atoms with Gasteiger partial charge >= 0.3 is 0 Å². The van der Waals surface area contributed by atoms with Gasteiger partial charge in [0.15, 0.2) is 17.3 Å². The molecular weight excluding hydrogens is 386 g/mol. The Morgan fingerprint density at radius 2 is 1.77 bits per heavy atom. The van der Waals surface area contributed by atoms with E-state index in [1.54, 1.807) is 24.4 Å². The highest BCUT2D eigenvalue weighted by atomic mass is 16.6. The van der Waals surface area contributed by atoms with Gasteiger partial charge in [-0.2, -0.15) is 0 Å². The summed E-state index contributed by atoms with van der Waals surface area (Å²) in [5.41, 5.74) is 1.49. The van der Waals surface area contributed by atoms with E-state index < -0.39 is 0 Å². The normalized spacial score (nSPS) is 15.5. The predicted octanol–water partition coefficient (Wildman–Crippen LogP) is 1.97. The number of nitrogens with zero attached hydrogens (tertiary/aromatic N) is 2. The van der Waals surface area contributed by atoms with Crippen LogP contribution in [0.3, 0.4) is 0 Å². The molecule has 0 aliphatic carbocycles. The number of Topliss-reactive ketones (excluding diaryl/α,β-unsaturated/α-hetero) is 1. The van der Waals surface area contributed by atoms with Crippen molar-refractivity contribution in [3.8, 4) is 11.5 Å². The fourth-order valence-corrected chi connectivity index (χ4v) is 3.41. The van der Waals surface area contributed by atoms with Gasteiger partial charge < -0.3 is 24.4 Å². The molecule has 1 saturated heterocycles. The van der Waals surface area contributed by atoms with E-state index in [-0.39, 0.29) is 24.5 Å². The molecule has 1 fully saturated rings. The topological polar surface area (TPSA) is 90.0 Å². The van der Waals surface area contributed by atoms with Crippen LogP contribution in [-0.4, -0.2) is 56.2 Å². The van der Waals surface area contributed by atoms with E-state index in [9.17, 15) is 9.59 Å². The molecule has 0 spiro atoms. The van der Waals surface area contributed by atoms with E-state index >= 15 is 0 Å². The lowest BCUT2D eigenvalue weighted by molar-refractivity contribution is -0.121. The van der Waals surface area contributed by atoms with E-state index in [0.717, 1.165) is 24.5 Å². The number of anilines is 1. The molecule has 8 heteroatoms. The Bertz CT molecular complexity index is 911. The molecule has 0 bridgehead atoms. The molecule has 3 heterocycles. The summed E-state index contributed by atoms with van der Waals surface area (Å²) in [6.07, 6.45) is 2.02. The van der Waals surface area contributed by atoms with Crippen LogP contribution in [-0.2, 0) is 16.1 Å². The largest absolute Gasteiger partial charge is 0.486 e. The van der Waals surface area contributed by atoms with Crippen molar-refractivity contribution in [3.63, 3.8) is 0 Å². The molecule has 0 atom stereocenters. The molecule has 1 amide bonds. The first-order valence-electron chi connectivity index (χ1n) is 10.2. The predicted molar refractivity (Wildman–Crippen MR) is 110 cm³/mol. The molecule has 1 aromatic heterocycles. The zero-order valence-electron chi connectivity index (χ0n) is 16.8. The average Bonchev–Trinajstić information content (AvgIpc) is 2.81. The Hall–Kier alpha value is -3.13. The van der Waals surface area contributed by atoms with Gasteiger partial charge in [-0.25, -0.2) is 4.98 Å². The van der Waals surface area contributed by atoms with Crippen LogP contribution in [0.25, 0.3) is 0 Å². The third-order valence-corrected chi connectivity index (χ3v) is 5.08. The zero-order valence-corrected chi connectivity index (χ0v) is 16.8. The monoisotopic (exact) mass is 411 g/mol. The van der Waals surface area contributed by atoms with E-state index in [0.29, 0.717) is 50.0 Å². The minimum absolute atomic E-state index is 0.0966. The molecule has 0 radical (unpaired) electrons. The van der Waals surface area contributed by atoms with Crippen molar-refractivity contribution in [2.24, 2.45) is 0 Å². The van der Waals surface area contributed by atoms with Gasteiger partial charge in [0, 0.05) is 44.2 Å². The zero-order chi connectivity index (χ0) is 20.8. The number of morpholine rings is 1. The first-order chi connectivity index (χ1) is 14.7. The summed E-state index contributed by atoms with van der Waals surface area (Å²) in [5, 5.41) is 2.88. The number of nitrogens with one attached hydrogen (secondary N) is 1. The molecule has 30 heavy (non-hydrogen) atoms. The first-order valence-corrected chi connectivity index (χ1v) is 10.2. The van der Waals surface area contributed by atoms with Crippen LogP contribution >= 0.6 is 0 Å². The van der Waals surface area contributed by atoms with Gasteiger partial charge in [-0.1, -0.05) is 0 Å². The molecule has 2 aromatic rings. The Balaban J connectivity index is 1.25. The third-order valence-electron chi connectivity index (χ3n) is 5.08. The minimum atomic E-state index is -0.161. The molecule has 8 nitrogen and oxygen atoms in total. The van der Waals surface area contributed by atoms with E-state index in [1.165, 1.54) is 0 Å². The molecule has 0 unspecified atom stereocenters. The number of ether oxygens (including phenoxy) is 3. The van der Waals surface area contributed by atoms with Crippen molar-refractivity contribution in [1.29, 1.82) is 0 Å². The minimum Gasteiger partial charge on any atom is -0.486 e. The van der Waals surface area contributed by atoms with Gasteiger partial charge in [0.1, 0.15) is 19.0 Å². The summed E-state index contributed by atoms with van der Waals surface area (Å²) >= 11 is 0. The number of pyridine rings is 1. The second-order valence-corrected chi connectivity index (χ2v) is 7.18. The molecule has 0 saturated carbocycles. The number of aromatic nitrogens is 1. The van der Waals surface area contributed by atoms with Crippen LogP contribution in [0.4, 0.5) is 5.82 Å². The lowest BCUT2D eigenvalue weighted by atomic mass is 10.1. The van der Waals surface area contributed by atoms with Crippen LogP contribution in [0.5, 0.6) is 11.5 Å². The van der Waals surface area contributed by atoms with Crippen molar-refractivity contribution in [2.75, 3.05) is 44.4 Å². The number of hydrogen-bond donors (Lipinski definition) is 1. The van der Waals surface area contributed by atoms with Crippen LogP contribution in [0.1, 0.15) is 28.8 Å². The maximum atomic E-state index is 12.4. The number of amides is 1. The molecular formula is C22H25N3O5. The second-order valence-electron chi connectivity index (χ2n) is 7.18. The highest BCUT2D eigenvalue weighted by molar-refractivity contribution is 5.98. The fraction of sp³-hybridized carbons (Fsp3) is 0.409. The van der Waals surface area contributed by atoms with Crippen molar-refractivity contribution in [3.05, 3.63) is 47.7 Å². The maximum absolute atomic E-state index is 12.4. The summed E-state index contributed by atoms with van der Waals surface area (Å²) in [7, 11) is 0. The van der Waals surface area contributed by atoms with E-state index in [4.69, 9.17) is 14.2 Å². The van der Waals surface area contributed by atoms with Crippen molar-refractivity contribution in [2.45, 2.75) is 19.4 Å². The highest BCUT2D eigenvalue weighted by Crippen LogP contribution is 2.31. The fourth-order valence-electron chi connectivity index (χ4n) is 3.41. The summed E-state index contributed by atoms with van der Waals surface area (Å²) in [6.45, 7) is 4.38. The van der Waals surface area contributed by atoms with Crippen LogP contribution < -0.4 is 19.7 Å². The SMILES string of the molecule is O=C(CCC(=O)c1ccc2c(c1)OCCO2)NCc1ccnc(N2CCOCC2)c1. The van der Waals surface area contributed by atoms with Gasteiger partial charge in [0.05, 0.1) is 13.2 Å². The van der Waals surface area contributed by atoms with E-state index in [1.807, 2.05) is 12.1 Å². The number of benzene rings is 1. The van der Waals surface area contributed by atoms with Gasteiger partial charge in [0.25, 0.3) is 0 Å². The van der Waals surface area contributed by atoms with Crippen molar-refractivity contribution < 1.29 is 23.8 Å². The highest BCUT2D eigenvalue weighted by Gasteiger charge is 2.16. The summed E-state index contributed by atoms with van der Waals surface area (Å²) in [4.78, 5) is 31.2.